The van der Waals surface area contributed by atoms with Gasteiger partial charge in [-0.3, -0.25) is 0 Å². The van der Waals surface area contributed by atoms with E-state index >= 15 is 0 Å². The van der Waals surface area contributed by atoms with Gasteiger partial charge in [0.1, 0.15) is 8.07 Å². The molecule has 0 saturated heterocycles. The standard InChI is InChI=1S/C25H28Si/c1-20(19-21(2)26(3,4)25-13-9-6-10-14-25)22-15-17-24(18-16-22)23-11-7-5-8-12-23/h5-18,20H,2,19H2,1,3-4H3/t20-/m1/s1. The van der Waals surface area contributed by atoms with Gasteiger partial charge >= 0.3 is 0 Å². The number of benzene rings is 3. The van der Waals surface area contributed by atoms with Crippen molar-refractivity contribution >= 4 is 13.3 Å². The van der Waals surface area contributed by atoms with Gasteiger partial charge in [0.15, 0.2) is 0 Å². The van der Waals surface area contributed by atoms with Crippen molar-refractivity contribution in [1.82, 2.24) is 0 Å². The molecule has 0 N–H and O–H groups in total. The molecule has 0 amide bonds. The normalized spacial score (nSPS) is 12.6. The van der Waals surface area contributed by atoms with E-state index in [1.54, 1.807) is 0 Å². The molecule has 0 radical (unpaired) electrons. The molecule has 0 nitrogen and oxygen atoms in total. The van der Waals surface area contributed by atoms with Crippen molar-refractivity contribution in [3.8, 4) is 11.1 Å². The largest absolute Gasteiger partial charge is 0.106 e. The summed E-state index contributed by atoms with van der Waals surface area (Å²) in [6, 6.07) is 30.5. The maximum Gasteiger partial charge on any atom is 0.106 e. The molecule has 0 bridgehead atoms. The van der Waals surface area contributed by atoms with Crippen LogP contribution in [0.15, 0.2) is 96.7 Å². The molecule has 0 aliphatic heterocycles. The fourth-order valence-electron chi connectivity index (χ4n) is 3.44. The van der Waals surface area contributed by atoms with Gasteiger partial charge in [0, 0.05) is 0 Å². The highest BCUT2D eigenvalue weighted by molar-refractivity contribution is 6.95. The van der Waals surface area contributed by atoms with Gasteiger partial charge in [-0.1, -0.05) is 115 Å². The van der Waals surface area contributed by atoms with Gasteiger partial charge in [0.05, 0.1) is 0 Å². The molecule has 0 heterocycles. The highest BCUT2D eigenvalue weighted by Crippen LogP contribution is 2.29. The van der Waals surface area contributed by atoms with Crippen molar-refractivity contribution in [3.63, 3.8) is 0 Å². The highest BCUT2D eigenvalue weighted by atomic mass is 28.3. The molecule has 132 valence electrons. The van der Waals surface area contributed by atoms with Crippen molar-refractivity contribution < 1.29 is 0 Å². The van der Waals surface area contributed by atoms with Crippen LogP contribution in [0.5, 0.6) is 0 Å². The van der Waals surface area contributed by atoms with E-state index in [0.717, 1.165) is 6.42 Å². The third kappa shape index (κ3) is 4.05. The van der Waals surface area contributed by atoms with E-state index in [1.165, 1.54) is 27.1 Å². The fourth-order valence-corrected chi connectivity index (χ4v) is 5.69. The van der Waals surface area contributed by atoms with Gasteiger partial charge in [-0.05, 0) is 29.0 Å². The summed E-state index contributed by atoms with van der Waals surface area (Å²) < 4.78 is 0. The highest BCUT2D eigenvalue weighted by Gasteiger charge is 2.27. The van der Waals surface area contributed by atoms with E-state index in [9.17, 15) is 0 Å². The molecule has 1 heteroatoms. The topological polar surface area (TPSA) is 0 Å². The van der Waals surface area contributed by atoms with E-state index in [-0.39, 0.29) is 0 Å². The van der Waals surface area contributed by atoms with Gasteiger partial charge in [0.2, 0.25) is 0 Å². The predicted octanol–water partition coefficient (Wildman–Crippen LogP) is 6.56. The first kappa shape index (κ1) is 18.4. The second-order valence-electron chi connectivity index (χ2n) is 7.69. The first-order chi connectivity index (χ1) is 12.5. The molecular weight excluding hydrogens is 328 g/mol. The molecule has 0 aromatic heterocycles. The van der Waals surface area contributed by atoms with Gasteiger partial charge in [0.25, 0.3) is 0 Å². The lowest BCUT2D eigenvalue weighted by molar-refractivity contribution is 0.770. The molecular formula is C25H28Si. The summed E-state index contributed by atoms with van der Waals surface area (Å²) in [5, 5.41) is 2.89. The molecule has 0 aliphatic rings. The monoisotopic (exact) mass is 356 g/mol. The summed E-state index contributed by atoms with van der Waals surface area (Å²) in [4.78, 5) is 0. The SMILES string of the molecule is C=C(C[C@@H](C)c1ccc(-c2ccccc2)cc1)[Si](C)(C)c1ccccc1. The maximum atomic E-state index is 4.50. The summed E-state index contributed by atoms with van der Waals surface area (Å²) in [6.07, 6.45) is 1.05. The van der Waals surface area contributed by atoms with E-state index in [1.807, 2.05) is 0 Å². The van der Waals surface area contributed by atoms with Crippen molar-refractivity contribution in [2.24, 2.45) is 0 Å². The first-order valence-electron chi connectivity index (χ1n) is 9.37. The van der Waals surface area contributed by atoms with Crippen molar-refractivity contribution in [2.45, 2.75) is 32.4 Å². The Morgan fingerprint density at radius 1 is 0.769 bits per heavy atom. The molecule has 3 rings (SSSR count). The summed E-state index contributed by atoms with van der Waals surface area (Å²) in [6.45, 7) is 11.6. The quantitative estimate of drug-likeness (QED) is 0.439. The molecule has 3 aromatic carbocycles. The van der Waals surface area contributed by atoms with Crippen LogP contribution in [0.1, 0.15) is 24.8 Å². The Morgan fingerprint density at radius 3 is 1.85 bits per heavy atom. The number of allylic oxidation sites excluding steroid dienone is 1. The average molecular weight is 357 g/mol. The van der Waals surface area contributed by atoms with Crippen molar-refractivity contribution in [3.05, 3.63) is 102 Å². The summed E-state index contributed by atoms with van der Waals surface area (Å²) >= 11 is 0. The van der Waals surface area contributed by atoms with Gasteiger partial charge < -0.3 is 0 Å². The van der Waals surface area contributed by atoms with Crippen LogP contribution in [0.25, 0.3) is 11.1 Å². The summed E-state index contributed by atoms with van der Waals surface area (Å²) in [5.41, 5.74) is 3.94. The molecule has 0 saturated carbocycles. The fraction of sp³-hybridized carbons (Fsp3) is 0.200. The number of hydrogen-bond acceptors (Lipinski definition) is 0. The van der Waals surface area contributed by atoms with E-state index in [2.05, 4.69) is 112 Å². The van der Waals surface area contributed by atoms with Crippen LogP contribution < -0.4 is 5.19 Å². The lowest BCUT2D eigenvalue weighted by Crippen LogP contribution is -2.43. The zero-order valence-electron chi connectivity index (χ0n) is 16.1. The second-order valence-corrected chi connectivity index (χ2v) is 12.2. The van der Waals surface area contributed by atoms with Crippen LogP contribution in [0.3, 0.4) is 0 Å². The minimum atomic E-state index is -1.64. The van der Waals surface area contributed by atoms with Crippen LogP contribution in [-0.2, 0) is 0 Å². The predicted molar refractivity (Wildman–Crippen MR) is 118 cm³/mol. The minimum Gasteiger partial charge on any atom is -0.103 e. The summed E-state index contributed by atoms with van der Waals surface area (Å²) in [7, 11) is -1.64. The van der Waals surface area contributed by atoms with Crippen LogP contribution in [0.2, 0.25) is 13.1 Å². The van der Waals surface area contributed by atoms with Crippen LogP contribution in [0.4, 0.5) is 0 Å². The van der Waals surface area contributed by atoms with E-state index in [4.69, 9.17) is 0 Å². The third-order valence-electron chi connectivity index (χ3n) is 5.52. The minimum absolute atomic E-state index is 0.489. The Bertz CT molecular complexity index is 846. The molecule has 3 aromatic rings. The smallest absolute Gasteiger partial charge is 0.103 e. The van der Waals surface area contributed by atoms with Gasteiger partial charge in [-0.15, -0.1) is 6.58 Å². The molecule has 0 spiro atoms. The molecule has 0 fully saturated rings. The number of hydrogen-bond donors (Lipinski definition) is 0. The van der Waals surface area contributed by atoms with Crippen LogP contribution >= 0.6 is 0 Å². The van der Waals surface area contributed by atoms with Gasteiger partial charge in [-0.2, -0.15) is 0 Å². The maximum absolute atomic E-state index is 4.50. The van der Waals surface area contributed by atoms with Crippen molar-refractivity contribution in [2.75, 3.05) is 0 Å². The Balaban J connectivity index is 1.71. The Kier molecular flexibility index (Phi) is 5.58. The Hall–Kier alpha value is -2.38. The Labute approximate surface area is 159 Å². The second kappa shape index (κ2) is 7.88. The van der Waals surface area contributed by atoms with E-state index < -0.39 is 8.07 Å². The molecule has 0 aliphatic carbocycles. The van der Waals surface area contributed by atoms with Crippen LogP contribution in [0, 0.1) is 0 Å². The molecule has 26 heavy (non-hydrogen) atoms. The lowest BCUT2D eigenvalue weighted by Gasteiger charge is -2.28. The third-order valence-corrected chi connectivity index (χ3v) is 9.27. The zero-order valence-corrected chi connectivity index (χ0v) is 17.1. The zero-order chi connectivity index (χ0) is 18.6. The van der Waals surface area contributed by atoms with Crippen LogP contribution in [-0.4, -0.2) is 8.07 Å². The summed E-state index contributed by atoms with van der Waals surface area (Å²) in [5.74, 6) is 0.489. The van der Waals surface area contributed by atoms with E-state index in [0.29, 0.717) is 5.92 Å². The first-order valence-corrected chi connectivity index (χ1v) is 12.4. The van der Waals surface area contributed by atoms with Gasteiger partial charge in [-0.25, -0.2) is 0 Å². The molecule has 0 unspecified atom stereocenters. The average Bonchev–Trinajstić information content (AvgIpc) is 2.69. The lowest BCUT2D eigenvalue weighted by atomic mass is 9.95. The Morgan fingerprint density at radius 2 is 1.27 bits per heavy atom. The molecule has 1 atom stereocenters. The number of rotatable bonds is 6. The van der Waals surface area contributed by atoms with Crippen molar-refractivity contribution in [1.29, 1.82) is 0 Å².